The highest BCUT2D eigenvalue weighted by Crippen LogP contribution is 2.58. The van der Waals surface area contributed by atoms with E-state index in [9.17, 15) is 0 Å². The topological polar surface area (TPSA) is 0 Å². The van der Waals surface area contributed by atoms with Gasteiger partial charge in [0.2, 0.25) is 0 Å². The zero-order valence-corrected chi connectivity index (χ0v) is 16.2. The number of hydrogen-bond acceptors (Lipinski definition) is 0. The van der Waals surface area contributed by atoms with Crippen LogP contribution in [0, 0.1) is 0 Å². The van der Waals surface area contributed by atoms with Gasteiger partial charge < -0.3 is 0 Å². The molecule has 0 aliphatic heterocycles. The Kier molecular flexibility index (Phi) is 3.23. The fraction of sp³-hybridized carbons (Fsp3) is 0.143. The van der Waals surface area contributed by atoms with E-state index in [-0.39, 0.29) is 0 Å². The Hall–Kier alpha value is -3.12. The van der Waals surface area contributed by atoms with Gasteiger partial charge in [-0.15, -0.1) is 0 Å². The average Bonchev–Trinajstić information content (AvgIpc) is 3.21. The van der Waals surface area contributed by atoms with Crippen molar-refractivity contribution in [3.63, 3.8) is 0 Å². The zero-order valence-electron chi connectivity index (χ0n) is 16.2. The molecule has 2 aliphatic rings. The first-order chi connectivity index (χ1) is 13.8. The highest BCUT2D eigenvalue weighted by molar-refractivity contribution is 5.99. The van der Waals surface area contributed by atoms with E-state index in [1.165, 1.54) is 55.6 Å². The summed E-state index contributed by atoms with van der Waals surface area (Å²) in [5, 5.41) is 0. The smallest absolute Gasteiger partial charge is 0.00798 e. The van der Waals surface area contributed by atoms with Crippen molar-refractivity contribution >= 4 is 0 Å². The van der Waals surface area contributed by atoms with E-state index in [0.29, 0.717) is 11.8 Å². The van der Waals surface area contributed by atoms with Crippen molar-refractivity contribution in [3.8, 4) is 33.4 Å². The Labute approximate surface area is 166 Å². The van der Waals surface area contributed by atoms with Gasteiger partial charge in [0.15, 0.2) is 0 Å². The summed E-state index contributed by atoms with van der Waals surface area (Å²) in [6.45, 7) is 4.74. The van der Waals surface area contributed by atoms with E-state index in [1.807, 2.05) is 0 Å². The molecule has 4 aromatic carbocycles. The Morgan fingerprint density at radius 2 is 1.07 bits per heavy atom. The Morgan fingerprint density at radius 3 is 1.79 bits per heavy atom. The summed E-state index contributed by atoms with van der Waals surface area (Å²) in [5.41, 5.74) is 14.4. The van der Waals surface area contributed by atoms with E-state index in [2.05, 4.69) is 98.8 Å². The maximum Gasteiger partial charge on any atom is 0.00798 e. The van der Waals surface area contributed by atoms with Gasteiger partial charge in [-0.1, -0.05) is 92.7 Å². The Morgan fingerprint density at radius 1 is 0.500 bits per heavy atom. The maximum atomic E-state index is 2.48. The van der Waals surface area contributed by atoms with Crippen molar-refractivity contribution in [1.29, 1.82) is 0 Å². The second-order valence-corrected chi connectivity index (χ2v) is 8.16. The summed E-state index contributed by atoms with van der Waals surface area (Å²) in [6.07, 6.45) is 0. The van der Waals surface area contributed by atoms with Gasteiger partial charge in [-0.05, 0) is 61.7 Å². The molecule has 134 valence electrons. The van der Waals surface area contributed by atoms with Crippen LogP contribution >= 0.6 is 0 Å². The van der Waals surface area contributed by atoms with Gasteiger partial charge in [0.05, 0.1) is 0 Å². The highest BCUT2D eigenvalue weighted by Gasteiger charge is 2.36. The molecule has 0 radical (unpaired) electrons. The monoisotopic (exact) mass is 358 g/mol. The molecule has 0 heterocycles. The summed E-state index contributed by atoms with van der Waals surface area (Å²) in [6, 6.07) is 31.3. The molecule has 2 atom stereocenters. The van der Waals surface area contributed by atoms with Crippen molar-refractivity contribution in [1.82, 2.24) is 0 Å². The van der Waals surface area contributed by atoms with Gasteiger partial charge in [-0.3, -0.25) is 0 Å². The molecule has 6 rings (SSSR count). The normalized spacial score (nSPS) is 18.4. The summed E-state index contributed by atoms with van der Waals surface area (Å²) in [7, 11) is 0. The van der Waals surface area contributed by atoms with Crippen molar-refractivity contribution < 1.29 is 0 Å². The van der Waals surface area contributed by atoms with Gasteiger partial charge in [0.1, 0.15) is 0 Å². The van der Waals surface area contributed by atoms with Crippen LogP contribution in [0.15, 0.2) is 84.9 Å². The van der Waals surface area contributed by atoms with Gasteiger partial charge in [-0.2, -0.15) is 0 Å². The van der Waals surface area contributed by atoms with Crippen molar-refractivity contribution in [2.45, 2.75) is 25.7 Å². The molecule has 4 aromatic rings. The van der Waals surface area contributed by atoms with E-state index in [0.717, 1.165) is 0 Å². The summed E-state index contributed by atoms with van der Waals surface area (Å²) >= 11 is 0. The highest BCUT2D eigenvalue weighted by atomic mass is 14.4. The van der Waals surface area contributed by atoms with Crippen LogP contribution in [0.3, 0.4) is 0 Å². The van der Waals surface area contributed by atoms with E-state index in [4.69, 9.17) is 0 Å². The fourth-order valence-corrected chi connectivity index (χ4v) is 5.46. The van der Waals surface area contributed by atoms with Crippen molar-refractivity contribution in [2.24, 2.45) is 0 Å². The van der Waals surface area contributed by atoms with Gasteiger partial charge >= 0.3 is 0 Å². The van der Waals surface area contributed by atoms with Crippen molar-refractivity contribution in [3.05, 3.63) is 107 Å². The largest absolute Gasteiger partial charge is 0.0622 e. The predicted molar refractivity (Wildman–Crippen MR) is 118 cm³/mol. The van der Waals surface area contributed by atoms with Crippen LogP contribution in [0.5, 0.6) is 0 Å². The first-order valence-corrected chi connectivity index (χ1v) is 10.2. The van der Waals surface area contributed by atoms with Crippen LogP contribution in [0.25, 0.3) is 33.4 Å². The van der Waals surface area contributed by atoms with E-state index < -0.39 is 0 Å². The fourth-order valence-electron chi connectivity index (χ4n) is 5.46. The lowest BCUT2D eigenvalue weighted by Crippen LogP contribution is -1.97. The quantitative estimate of drug-likeness (QED) is 0.328. The summed E-state index contributed by atoms with van der Waals surface area (Å²) in [5.74, 6) is 0.858. The van der Waals surface area contributed by atoms with Crippen LogP contribution in [0.4, 0.5) is 0 Å². The van der Waals surface area contributed by atoms with Crippen LogP contribution in [0.2, 0.25) is 0 Å². The van der Waals surface area contributed by atoms with Crippen LogP contribution in [-0.2, 0) is 0 Å². The minimum absolute atomic E-state index is 0.418. The van der Waals surface area contributed by atoms with Crippen LogP contribution in [0.1, 0.15) is 47.9 Å². The first kappa shape index (κ1) is 15.9. The lowest BCUT2D eigenvalue weighted by molar-refractivity contribution is 0.938. The summed E-state index contributed by atoms with van der Waals surface area (Å²) < 4.78 is 0. The van der Waals surface area contributed by atoms with Crippen LogP contribution in [-0.4, -0.2) is 0 Å². The Balaban J connectivity index is 1.77. The lowest BCUT2D eigenvalue weighted by atomic mass is 9.85. The molecular formula is C28H22. The molecule has 0 heteroatoms. The molecule has 0 N–H and O–H groups in total. The molecule has 0 aromatic heterocycles. The number of benzene rings is 4. The molecule has 0 nitrogen and oxygen atoms in total. The van der Waals surface area contributed by atoms with Gasteiger partial charge in [-0.25, -0.2) is 0 Å². The number of rotatable bonds is 1. The molecule has 0 saturated carbocycles. The molecule has 0 saturated heterocycles. The third-order valence-electron chi connectivity index (χ3n) is 6.77. The van der Waals surface area contributed by atoms with Gasteiger partial charge in [0, 0.05) is 11.8 Å². The zero-order chi connectivity index (χ0) is 18.8. The molecule has 0 bridgehead atoms. The standard InChI is InChI=1S/C28H22/c1-17-20-12-6-8-14-22(20)27-24(17)16-25(19-10-4-3-5-11-19)28-23-15-9-7-13-21(23)18(2)26(27)28/h3-18H,1-2H3. The molecule has 28 heavy (non-hydrogen) atoms. The number of hydrogen-bond donors (Lipinski definition) is 0. The second kappa shape index (κ2) is 5.69. The Bertz CT molecular complexity index is 1230. The number of fused-ring (bicyclic) bond motifs is 7. The van der Waals surface area contributed by atoms with Gasteiger partial charge in [0.25, 0.3) is 0 Å². The molecule has 0 spiro atoms. The second-order valence-electron chi connectivity index (χ2n) is 8.16. The summed E-state index contributed by atoms with van der Waals surface area (Å²) in [4.78, 5) is 0. The van der Waals surface area contributed by atoms with Crippen molar-refractivity contribution in [2.75, 3.05) is 0 Å². The van der Waals surface area contributed by atoms with E-state index in [1.54, 1.807) is 0 Å². The third kappa shape index (κ3) is 1.95. The van der Waals surface area contributed by atoms with Crippen LogP contribution < -0.4 is 0 Å². The predicted octanol–water partition coefficient (Wildman–Crippen LogP) is 7.62. The first-order valence-electron chi connectivity index (χ1n) is 10.2. The van der Waals surface area contributed by atoms with E-state index >= 15 is 0 Å². The maximum absolute atomic E-state index is 2.48. The SMILES string of the molecule is CC1c2ccccc2-c2c1cc(-c1ccccc1)c1c2C(C)c2ccccc2-1. The minimum Gasteiger partial charge on any atom is -0.0622 e. The minimum atomic E-state index is 0.418. The molecule has 2 aliphatic carbocycles. The molecule has 0 amide bonds. The molecule has 0 fully saturated rings. The third-order valence-corrected chi connectivity index (χ3v) is 6.77. The lowest BCUT2D eigenvalue weighted by Gasteiger charge is -2.18. The molecular weight excluding hydrogens is 336 g/mol. The molecule has 2 unspecified atom stereocenters. The average molecular weight is 358 g/mol.